The molecule has 17 heavy (non-hydrogen) atoms. The fourth-order valence-corrected chi connectivity index (χ4v) is 3.59. The molecule has 0 aliphatic rings. The van der Waals surface area contributed by atoms with E-state index in [9.17, 15) is 8.42 Å². The fourth-order valence-electron chi connectivity index (χ4n) is 1.19. The van der Waals surface area contributed by atoms with E-state index in [1.165, 1.54) is 6.07 Å². The lowest BCUT2D eigenvalue weighted by Gasteiger charge is -2.21. The standard InChI is InChI=1S/C11H13BrN2O2S/c1-3-11(2,8-13)14-17(15,16)10-7-5-4-6-9(10)12/h4-7,14H,3H2,1-2H3. The summed E-state index contributed by atoms with van der Waals surface area (Å²) in [6, 6.07) is 8.46. The predicted molar refractivity (Wildman–Crippen MR) is 68.8 cm³/mol. The van der Waals surface area contributed by atoms with E-state index < -0.39 is 15.6 Å². The van der Waals surface area contributed by atoms with Crippen molar-refractivity contribution in [2.24, 2.45) is 0 Å². The van der Waals surface area contributed by atoms with Crippen molar-refractivity contribution in [2.75, 3.05) is 0 Å². The van der Waals surface area contributed by atoms with E-state index in [1.807, 2.05) is 6.07 Å². The Morgan fingerprint density at radius 2 is 2.06 bits per heavy atom. The van der Waals surface area contributed by atoms with Crippen LogP contribution in [0.25, 0.3) is 0 Å². The molecule has 0 radical (unpaired) electrons. The summed E-state index contributed by atoms with van der Waals surface area (Å²) in [5.41, 5.74) is -1.09. The Bertz CT molecular complexity index is 551. The van der Waals surface area contributed by atoms with Gasteiger partial charge in [0.1, 0.15) is 5.54 Å². The molecule has 6 heteroatoms. The first-order valence-corrected chi connectivity index (χ1v) is 7.32. The van der Waals surface area contributed by atoms with Crippen molar-refractivity contribution in [3.8, 4) is 6.07 Å². The minimum atomic E-state index is -3.69. The smallest absolute Gasteiger partial charge is 0.207 e. The molecule has 0 aliphatic heterocycles. The van der Waals surface area contributed by atoms with E-state index in [0.29, 0.717) is 10.9 Å². The van der Waals surface area contributed by atoms with Crippen LogP contribution in [-0.2, 0) is 10.0 Å². The molecule has 0 heterocycles. The predicted octanol–water partition coefficient (Wildman–Crippen LogP) is 2.42. The number of benzene rings is 1. The molecule has 0 aromatic heterocycles. The number of sulfonamides is 1. The highest BCUT2D eigenvalue weighted by molar-refractivity contribution is 9.10. The zero-order chi connectivity index (χ0) is 13.1. The van der Waals surface area contributed by atoms with Gasteiger partial charge in [-0.2, -0.15) is 9.98 Å². The monoisotopic (exact) mass is 316 g/mol. The van der Waals surface area contributed by atoms with Crippen LogP contribution in [0.2, 0.25) is 0 Å². The van der Waals surface area contributed by atoms with Crippen molar-refractivity contribution in [3.05, 3.63) is 28.7 Å². The molecular formula is C11H13BrN2O2S. The molecule has 0 saturated heterocycles. The number of hydrogen-bond donors (Lipinski definition) is 1. The minimum Gasteiger partial charge on any atom is -0.207 e. The summed E-state index contributed by atoms with van der Waals surface area (Å²) in [5, 5.41) is 8.98. The van der Waals surface area contributed by atoms with Crippen molar-refractivity contribution in [1.82, 2.24) is 4.72 Å². The maximum absolute atomic E-state index is 12.1. The van der Waals surface area contributed by atoms with Crippen LogP contribution in [0.15, 0.2) is 33.6 Å². The average Bonchev–Trinajstić information content (AvgIpc) is 2.28. The highest BCUT2D eigenvalue weighted by atomic mass is 79.9. The van der Waals surface area contributed by atoms with Crippen LogP contribution >= 0.6 is 15.9 Å². The number of nitrogens with one attached hydrogen (secondary N) is 1. The molecule has 1 rings (SSSR count). The minimum absolute atomic E-state index is 0.134. The summed E-state index contributed by atoms with van der Waals surface area (Å²) in [6.45, 7) is 3.31. The summed E-state index contributed by atoms with van der Waals surface area (Å²) < 4.78 is 27.1. The van der Waals surface area contributed by atoms with Crippen LogP contribution in [0, 0.1) is 11.3 Å². The lowest BCUT2D eigenvalue weighted by molar-refractivity contribution is 0.495. The first kappa shape index (κ1) is 14.2. The van der Waals surface area contributed by atoms with Gasteiger partial charge in [-0.1, -0.05) is 19.1 Å². The summed E-state index contributed by atoms with van der Waals surface area (Å²) in [6.07, 6.45) is 0.396. The van der Waals surface area contributed by atoms with E-state index >= 15 is 0 Å². The molecule has 1 unspecified atom stereocenters. The van der Waals surface area contributed by atoms with E-state index in [-0.39, 0.29) is 4.90 Å². The second-order valence-corrected chi connectivity index (χ2v) is 6.34. The van der Waals surface area contributed by atoms with Crippen LogP contribution in [-0.4, -0.2) is 14.0 Å². The van der Waals surface area contributed by atoms with Crippen LogP contribution in [0.3, 0.4) is 0 Å². The second kappa shape index (κ2) is 5.17. The van der Waals surface area contributed by atoms with Gasteiger partial charge in [-0.15, -0.1) is 0 Å². The summed E-state index contributed by atoms with van der Waals surface area (Å²) in [5.74, 6) is 0. The molecule has 4 nitrogen and oxygen atoms in total. The maximum atomic E-state index is 12.1. The van der Waals surface area contributed by atoms with Crippen molar-refractivity contribution >= 4 is 26.0 Å². The topological polar surface area (TPSA) is 70.0 Å². The molecule has 1 aromatic rings. The molecular weight excluding hydrogens is 304 g/mol. The van der Waals surface area contributed by atoms with Gasteiger partial charge in [-0.05, 0) is 41.4 Å². The Labute approximate surface area is 110 Å². The van der Waals surface area contributed by atoms with Gasteiger partial charge in [0.15, 0.2) is 0 Å². The number of halogens is 1. The number of nitriles is 1. The highest BCUT2D eigenvalue weighted by Crippen LogP contribution is 2.23. The quantitative estimate of drug-likeness (QED) is 0.927. The van der Waals surface area contributed by atoms with Gasteiger partial charge < -0.3 is 0 Å². The van der Waals surface area contributed by atoms with Gasteiger partial charge >= 0.3 is 0 Å². The van der Waals surface area contributed by atoms with E-state index in [4.69, 9.17) is 5.26 Å². The van der Waals surface area contributed by atoms with Crippen molar-refractivity contribution in [2.45, 2.75) is 30.7 Å². The zero-order valence-electron chi connectivity index (χ0n) is 9.57. The number of rotatable bonds is 4. The lowest BCUT2D eigenvalue weighted by Crippen LogP contribution is -2.44. The number of hydrogen-bond acceptors (Lipinski definition) is 3. The van der Waals surface area contributed by atoms with Crippen molar-refractivity contribution in [3.63, 3.8) is 0 Å². The molecule has 0 spiro atoms. The van der Waals surface area contributed by atoms with Gasteiger partial charge in [-0.3, -0.25) is 0 Å². The number of nitrogens with zero attached hydrogens (tertiary/aromatic N) is 1. The first-order chi connectivity index (χ1) is 7.84. The van der Waals surface area contributed by atoms with Gasteiger partial charge in [0.25, 0.3) is 0 Å². The highest BCUT2D eigenvalue weighted by Gasteiger charge is 2.29. The lowest BCUT2D eigenvalue weighted by atomic mass is 10.0. The van der Waals surface area contributed by atoms with E-state index in [1.54, 1.807) is 32.0 Å². The molecule has 0 saturated carbocycles. The van der Waals surface area contributed by atoms with E-state index in [0.717, 1.165) is 0 Å². The third-order valence-corrected chi connectivity index (χ3v) is 5.05. The molecule has 1 atom stereocenters. The van der Waals surface area contributed by atoms with Gasteiger partial charge in [-0.25, -0.2) is 8.42 Å². The van der Waals surface area contributed by atoms with Crippen LogP contribution in [0.1, 0.15) is 20.3 Å². The third kappa shape index (κ3) is 3.28. The largest absolute Gasteiger partial charge is 0.243 e. The van der Waals surface area contributed by atoms with Gasteiger partial charge in [0, 0.05) is 4.47 Å². The molecule has 92 valence electrons. The van der Waals surface area contributed by atoms with Crippen molar-refractivity contribution in [1.29, 1.82) is 5.26 Å². The first-order valence-electron chi connectivity index (χ1n) is 5.04. The Balaban J connectivity index is 3.15. The molecule has 0 aliphatic carbocycles. The average molecular weight is 317 g/mol. The Morgan fingerprint density at radius 1 is 1.47 bits per heavy atom. The van der Waals surface area contributed by atoms with Gasteiger partial charge in [0.2, 0.25) is 10.0 Å². The molecule has 0 amide bonds. The van der Waals surface area contributed by atoms with Crippen molar-refractivity contribution < 1.29 is 8.42 Å². The normalized spacial score (nSPS) is 14.9. The van der Waals surface area contributed by atoms with Gasteiger partial charge in [0.05, 0.1) is 11.0 Å². The van der Waals surface area contributed by atoms with Crippen LogP contribution in [0.5, 0.6) is 0 Å². The molecule has 0 fully saturated rings. The third-order valence-electron chi connectivity index (χ3n) is 2.44. The second-order valence-electron chi connectivity index (χ2n) is 3.83. The zero-order valence-corrected chi connectivity index (χ0v) is 12.0. The van der Waals surface area contributed by atoms with Crippen LogP contribution < -0.4 is 4.72 Å². The SMILES string of the molecule is CCC(C)(C#N)NS(=O)(=O)c1ccccc1Br. The molecule has 1 N–H and O–H groups in total. The van der Waals surface area contributed by atoms with Crippen LogP contribution in [0.4, 0.5) is 0 Å². The van der Waals surface area contributed by atoms with E-state index in [2.05, 4.69) is 20.7 Å². The Hall–Kier alpha value is -0.900. The Morgan fingerprint density at radius 3 is 2.53 bits per heavy atom. The molecule has 1 aromatic carbocycles. The fraction of sp³-hybridized carbons (Fsp3) is 0.364. The Kier molecular flexibility index (Phi) is 4.31. The summed E-state index contributed by atoms with van der Waals surface area (Å²) in [7, 11) is -3.69. The maximum Gasteiger partial charge on any atom is 0.243 e. The molecule has 0 bridgehead atoms. The summed E-state index contributed by atoms with van der Waals surface area (Å²) >= 11 is 3.18. The summed E-state index contributed by atoms with van der Waals surface area (Å²) in [4.78, 5) is 0.134.